The molecule has 4 heterocycles. The number of aromatic nitrogens is 2. The van der Waals surface area contributed by atoms with Crippen molar-refractivity contribution in [2.24, 2.45) is 5.92 Å². The van der Waals surface area contributed by atoms with E-state index in [4.69, 9.17) is 0 Å². The fourth-order valence-corrected chi connectivity index (χ4v) is 5.54. The Morgan fingerprint density at radius 1 is 1.03 bits per heavy atom. The second kappa shape index (κ2) is 7.29. The van der Waals surface area contributed by atoms with Gasteiger partial charge >= 0.3 is 0 Å². The van der Waals surface area contributed by atoms with Crippen LogP contribution in [0.25, 0.3) is 10.9 Å². The Labute approximate surface area is 185 Å². The number of piperidine rings is 1. The molecule has 1 fully saturated rings. The molecule has 0 aliphatic carbocycles. The zero-order valence-electron chi connectivity index (χ0n) is 17.7. The standard InChI is InChI=1S/C25H24N4O3/c30-23-22(17-4-1-2-5-19(17)27-23)15-9-12-28(13-10-15)24(31)16-7-8-18-20(14-16)26-21-6-3-11-29(21)25(18)32/h1-2,4-5,7-8,14-15,22H,3,6,9-13H2,(H,27,30). The second-order valence-electron chi connectivity index (χ2n) is 9.00. The van der Waals surface area contributed by atoms with Crippen molar-refractivity contribution < 1.29 is 9.59 Å². The maximum absolute atomic E-state index is 13.2. The van der Waals surface area contributed by atoms with Crippen LogP contribution in [0.15, 0.2) is 47.3 Å². The minimum atomic E-state index is -0.136. The molecule has 1 N–H and O–H groups in total. The van der Waals surface area contributed by atoms with Crippen LogP contribution in [0.3, 0.4) is 0 Å². The lowest BCUT2D eigenvalue weighted by atomic mass is 9.80. The lowest BCUT2D eigenvalue weighted by Crippen LogP contribution is -2.40. The number of benzene rings is 2. The van der Waals surface area contributed by atoms with Crippen LogP contribution in [0, 0.1) is 5.92 Å². The number of hydrogen-bond donors (Lipinski definition) is 1. The molecule has 0 radical (unpaired) electrons. The van der Waals surface area contributed by atoms with Crippen LogP contribution < -0.4 is 10.9 Å². The normalized spacial score (nSPS) is 20.3. The lowest BCUT2D eigenvalue weighted by molar-refractivity contribution is -0.118. The van der Waals surface area contributed by atoms with Gasteiger partial charge in [0.15, 0.2) is 0 Å². The third-order valence-corrected chi connectivity index (χ3v) is 7.20. The van der Waals surface area contributed by atoms with Crippen molar-refractivity contribution in [2.45, 2.75) is 38.1 Å². The van der Waals surface area contributed by atoms with Crippen molar-refractivity contribution in [3.8, 4) is 0 Å². The van der Waals surface area contributed by atoms with E-state index in [1.165, 1.54) is 0 Å². The molecule has 2 aromatic carbocycles. The number of carbonyl (C=O) groups is 2. The average Bonchev–Trinajstić information content (AvgIpc) is 3.42. The number of hydrogen-bond acceptors (Lipinski definition) is 4. The average molecular weight is 428 g/mol. The van der Waals surface area contributed by atoms with Crippen LogP contribution in [-0.4, -0.2) is 39.4 Å². The Kier molecular flexibility index (Phi) is 4.38. The Hall–Kier alpha value is -3.48. The summed E-state index contributed by atoms with van der Waals surface area (Å²) >= 11 is 0. The number of para-hydroxylation sites is 1. The van der Waals surface area contributed by atoms with Crippen LogP contribution in [0.2, 0.25) is 0 Å². The molecule has 162 valence electrons. The van der Waals surface area contributed by atoms with E-state index < -0.39 is 0 Å². The summed E-state index contributed by atoms with van der Waals surface area (Å²) in [5, 5.41) is 3.56. The highest BCUT2D eigenvalue weighted by Gasteiger charge is 2.38. The number of carbonyl (C=O) groups excluding carboxylic acids is 2. The summed E-state index contributed by atoms with van der Waals surface area (Å²) < 4.78 is 1.74. The first-order chi connectivity index (χ1) is 15.6. The van der Waals surface area contributed by atoms with Gasteiger partial charge in [0.2, 0.25) is 5.91 Å². The van der Waals surface area contributed by atoms with Gasteiger partial charge in [-0.25, -0.2) is 4.98 Å². The highest BCUT2D eigenvalue weighted by Crippen LogP contribution is 2.41. The van der Waals surface area contributed by atoms with Gasteiger partial charge in [0.1, 0.15) is 5.82 Å². The molecule has 3 aliphatic rings. The number of likely N-dealkylation sites (tertiary alicyclic amines) is 1. The van der Waals surface area contributed by atoms with Gasteiger partial charge in [0.25, 0.3) is 11.5 Å². The van der Waals surface area contributed by atoms with Crippen LogP contribution in [-0.2, 0) is 17.8 Å². The molecular weight excluding hydrogens is 404 g/mol. The second-order valence-corrected chi connectivity index (χ2v) is 9.00. The molecule has 1 unspecified atom stereocenters. The van der Waals surface area contributed by atoms with E-state index in [9.17, 15) is 14.4 Å². The maximum Gasteiger partial charge on any atom is 0.261 e. The predicted octanol–water partition coefficient (Wildman–Crippen LogP) is 2.93. The van der Waals surface area contributed by atoms with Gasteiger partial charge in [0.05, 0.1) is 16.8 Å². The molecule has 1 aromatic heterocycles. The monoisotopic (exact) mass is 428 g/mol. The zero-order valence-corrected chi connectivity index (χ0v) is 17.7. The van der Waals surface area contributed by atoms with Crippen LogP contribution in [0.1, 0.15) is 46.9 Å². The molecule has 32 heavy (non-hydrogen) atoms. The summed E-state index contributed by atoms with van der Waals surface area (Å²) in [4.78, 5) is 44.9. The zero-order chi connectivity index (χ0) is 21.8. The summed E-state index contributed by atoms with van der Waals surface area (Å²) in [5.74, 6) is 0.925. The van der Waals surface area contributed by atoms with Crippen LogP contribution >= 0.6 is 0 Å². The Morgan fingerprint density at radius 3 is 2.69 bits per heavy atom. The van der Waals surface area contributed by atoms with E-state index in [1.807, 2.05) is 29.2 Å². The van der Waals surface area contributed by atoms with E-state index in [-0.39, 0.29) is 29.2 Å². The molecule has 0 spiro atoms. The van der Waals surface area contributed by atoms with Crippen molar-refractivity contribution in [3.63, 3.8) is 0 Å². The van der Waals surface area contributed by atoms with E-state index in [2.05, 4.69) is 10.3 Å². The van der Waals surface area contributed by atoms with E-state index in [0.717, 1.165) is 49.3 Å². The van der Waals surface area contributed by atoms with Crippen LogP contribution in [0.5, 0.6) is 0 Å². The van der Waals surface area contributed by atoms with E-state index >= 15 is 0 Å². The Balaban J connectivity index is 1.20. The van der Waals surface area contributed by atoms with E-state index in [0.29, 0.717) is 29.6 Å². The highest BCUT2D eigenvalue weighted by atomic mass is 16.2. The third kappa shape index (κ3) is 2.95. The summed E-state index contributed by atoms with van der Waals surface area (Å²) in [6.07, 6.45) is 3.31. The number of rotatable bonds is 2. The number of nitrogens with one attached hydrogen (secondary N) is 1. The Bertz CT molecular complexity index is 1320. The van der Waals surface area contributed by atoms with Crippen molar-refractivity contribution in [2.75, 3.05) is 18.4 Å². The molecule has 0 saturated carbocycles. The molecular formula is C25H24N4O3. The molecule has 7 nitrogen and oxygen atoms in total. The molecule has 1 atom stereocenters. The number of fused-ring (bicyclic) bond motifs is 3. The van der Waals surface area contributed by atoms with Gasteiger partial charge in [-0.05, 0) is 55.0 Å². The van der Waals surface area contributed by atoms with Gasteiger partial charge < -0.3 is 10.2 Å². The highest BCUT2D eigenvalue weighted by molar-refractivity contribution is 6.03. The number of nitrogens with zero attached hydrogens (tertiary/aromatic N) is 3. The minimum Gasteiger partial charge on any atom is -0.339 e. The summed E-state index contributed by atoms with van der Waals surface area (Å²) in [6.45, 7) is 1.96. The van der Waals surface area contributed by atoms with Gasteiger partial charge in [-0.1, -0.05) is 18.2 Å². The fraction of sp³-hybridized carbons (Fsp3) is 0.360. The molecule has 3 aromatic rings. The first-order valence-electron chi connectivity index (χ1n) is 11.3. The summed E-state index contributed by atoms with van der Waals surface area (Å²) in [6, 6.07) is 13.1. The first-order valence-corrected chi connectivity index (χ1v) is 11.3. The van der Waals surface area contributed by atoms with Crippen molar-refractivity contribution in [1.82, 2.24) is 14.5 Å². The van der Waals surface area contributed by atoms with Gasteiger partial charge in [-0.15, -0.1) is 0 Å². The smallest absolute Gasteiger partial charge is 0.261 e. The van der Waals surface area contributed by atoms with Crippen molar-refractivity contribution >= 4 is 28.4 Å². The molecule has 1 saturated heterocycles. The quantitative estimate of drug-likeness (QED) is 0.680. The van der Waals surface area contributed by atoms with Crippen LogP contribution in [0.4, 0.5) is 5.69 Å². The number of aryl methyl sites for hydroxylation is 1. The van der Waals surface area contributed by atoms with Gasteiger partial charge in [-0.2, -0.15) is 0 Å². The molecule has 3 aliphatic heterocycles. The first kappa shape index (κ1) is 19.2. The maximum atomic E-state index is 13.2. The largest absolute Gasteiger partial charge is 0.339 e. The molecule has 6 rings (SSSR count). The summed E-state index contributed by atoms with van der Waals surface area (Å²) in [5.41, 5.74) is 3.13. The molecule has 2 amide bonds. The van der Waals surface area contributed by atoms with Crippen molar-refractivity contribution in [1.29, 1.82) is 0 Å². The summed E-state index contributed by atoms with van der Waals surface area (Å²) in [7, 11) is 0. The molecule has 0 bridgehead atoms. The molecule has 7 heteroatoms. The van der Waals surface area contributed by atoms with E-state index in [1.54, 1.807) is 22.8 Å². The minimum absolute atomic E-state index is 0.0163. The van der Waals surface area contributed by atoms with Gasteiger partial charge in [0, 0.05) is 37.3 Å². The Morgan fingerprint density at radius 2 is 1.84 bits per heavy atom. The third-order valence-electron chi connectivity index (χ3n) is 7.20. The number of anilines is 1. The predicted molar refractivity (Wildman–Crippen MR) is 121 cm³/mol. The number of amides is 2. The fourth-order valence-electron chi connectivity index (χ4n) is 5.54. The lowest BCUT2D eigenvalue weighted by Gasteiger charge is -2.34. The van der Waals surface area contributed by atoms with Crippen molar-refractivity contribution in [3.05, 3.63) is 69.8 Å². The van der Waals surface area contributed by atoms with Gasteiger partial charge in [-0.3, -0.25) is 19.0 Å². The SMILES string of the molecule is O=C1Nc2ccccc2C1C1CCN(C(=O)c2ccc3c(=O)n4c(nc3c2)CCC4)CC1. The topological polar surface area (TPSA) is 84.3 Å².